The molecule has 5 atom stereocenters. The Morgan fingerprint density at radius 3 is 2.56 bits per heavy atom. The second-order valence-corrected chi connectivity index (χ2v) is 8.83. The molecule has 0 aliphatic heterocycles. The highest BCUT2D eigenvalue weighted by Crippen LogP contribution is 2.55. The lowest BCUT2D eigenvalue weighted by molar-refractivity contribution is -0.132. The second-order valence-electron chi connectivity index (χ2n) is 8.39. The molecule has 2 aliphatic carbocycles. The van der Waals surface area contributed by atoms with Gasteiger partial charge in [0.05, 0.1) is 5.60 Å². The van der Waals surface area contributed by atoms with E-state index < -0.39 is 5.60 Å². The van der Waals surface area contributed by atoms with E-state index in [1.165, 1.54) is 6.42 Å². The molecule has 2 heteroatoms. The summed E-state index contributed by atoms with van der Waals surface area (Å²) in [6.45, 7) is 4.59. The Kier molecular flexibility index (Phi) is 4.42. The first kappa shape index (κ1) is 17.1. The predicted octanol–water partition coefficient (Wildman–Crippen LogP) is 6.29. The molecule has 2 aromatic rings. The fourth-order valence-corrected chi connectivity index (χ4v) is 5.80. The summed E-state index contributed by atoms with van der Waals surface area (Å²) in [4.78, 5) is 0. The van der Waals surface area contributed by atoms with Gasteiger partial charge in [0, 0.05) is 5.02 Å². The largest absolute Gasteiger partial charge is 0.385 e. The average Bonchev–Trinajstić information content (AvgIpc) is 2.59. The van der Waals surface area contributed by atoms with E-state index in [2.05, 4.69) is 44.2 Å². The van der Waals surface area contributed by atoms with Gasteiger partial charge in [0.15, 0.2) is 0 Å². The van der Waals surface area contributed by atoms with Crippen LogP contribution in [0.4, 0.5) is 0 Å². The quantitative estimate of drug-likeness (QED) is 0.672. The summed E-state index contributed by atoms with van der Waals surface area (Å²) in [5.74, 6) is 2.12. The molecule has 0 aromatic heterocycles. The molecule has 2 fully saturated rings. The molecular weight excluding hydrogens is 328 g/mol. The first-order valence-corrected chi connectivity index (χ1v) is 9.94. The first-order valence-electron chi connectivity index (χ1n) is 9.56. The van der Waals surface area contributed by atoms with Gasteiger partial charge in [-0.3, -0.25) is 0 Å². The van der Waals surface area contributed by atoms with Gasteiger partial charge in [0.2, 0.25) is 0 Å². The van der Waals surface area contributed by atoms with Crippen molar-refractivity contribution in [1.82, 2.24) is 0 Å². The van der Waals surface area contributed by atoms with Gasteiger partial charge < -0.3 is 5.11 Å². The standard InChI is InChI=1S/C23H27ClO/c1-15-10-17-12-16(2)23(25,19(11-15)13-17)22-9-4-3-8-21(22)18-6-5-7-20(24)14-18/h3-9,14-17,19,25H,10-13H2,1-2H3. The fraction of sp³-hybridized carbons (Fsp3) is 0.478. The van der Waals surface area contributed by atoms with Crippen LogP contribution < -0.4 is 0 Å². The third kappa shape index (κ3) is 2.92. The maximum Gasteiger partial charge on any atom is 0.0956 e. The van der Waals surface area contributed by atoms with Crippen LogP contribution in [0.2, 0.25) is 5.02 Å². The predicted molar refractivity (Wildman–Crippen MR) is 105 cm³/mol. The summed E-state index contributed by atoms with van der Waals surface area (Å²) in [6, 6.07) is 16.4. The number of benzene rings is 2. The van der Waals surface area contributed by atoms with Gasteiger partial charge in [0.1, 0.15) is 0 Å². The van der Waals surface area contributed by atoms with Crippen molar-refractivity contribution in [3.8, 4) is 11.1 Å². The Morgan fingerprint density at radius 2 is 1.76 bits per heavy atom. The van der Waals surface area contributed by atoms with Gasteiger partial charge in [-0.25, -0.2) is 0 Å². The molecular formula is C23H27ClO. The summed E-state index contributed by atoms with van der Waals surface area (Å²) in [5, 5.41) is 12.8. The van der Waals surface area contributed by atoms with Gasteiger partial charge in [-0.2, -0.15) is 0 Å². The van der Waals surface area contributed by atoms with Crippen LogP contribution in [-0.2, 0) is 5.60 Å². The molecule has 2 aliphatic rings. The second kappa shape index (κ2) is 6.45. The highest BCUT2D eigenvalue weighted by molar-refractivity contribution is 6.30. The average molecular weight is 355 g/mol. The van der Waals surface area contributed by atoms with E-state index in [1.54, 1.807) is 0 Å². The van der Waals surface area contributed by atoms with Crippen molar-refractivity contribution in [3.63, 3.8) is 0 Å². The normalized spacial score (nSPS) is 34.7. The van der Waals surface area contributed by atoms with Crippen molar-refractivity contribution in [2.75, 3.05) is 0 Å². The lowest BCUT2D eigenvalue weighted by atomic mass is 9.55. The molecule has 4 rings (SSSR count). The molecule has 0 amide bonds. The molecule has 1 nitrogen and oxygen atoms in total. The van der Waals surface area contributed by atoms with Crippen molar-refractivity contribution in [3.05, 3.63) is 59.1 Å². The summed E-state index contributed by atoms with van der Waals surface area (Å²) in [7, 11) is 0. The Labute approximate surface area is 156 Å². The Bertz CT molecular complexity index is 766. The molecule has 0 spiro atoms. The third-order valence-electron chi connectivity index (χ3n) is 6.60. The fourth-order valence-electron chi connectivity index (χ4n) is 5.61. The van der Waals surface area contributed by atoms with Gasteiger partial charge in [-0.15, -0.1) is 0 Å². The number of fused-ring (bicyclic) bond motifs is 2. The number of hydrogen-bond acceptors (Lipinski definition) is 1. The summed E-state index contributed by atoms with van der Waals surface area (Å²) >= 11 is 6.24. The van der Waals surface area contributed by atoms with E-state index >= 15 is 0 Å². The summed E-state index contributed by atoms with van der Waals surface area (Å²) < 4.78 is 0. The molecule has 5 unspecified atom stereocenters. The zero-order chi connectivity index (χ0) is 17.6. The Hall–Kier alpha value is -1.31. The number of hydrogen-bond donors (Lipinski definition) is 1. The molecule has 0 saturated heterocycles. The smallest absolute Gasteiger partial charge is 0.0956 e. The van der Waals surface area contributed by atoms with E-state index in [0.717, 1.165) is 46.9 Å². The number of aliphatic hydroxyl groups is 1. The highest BCUT2D eigenvalue weighted by atomic mass is 35.5. The topological polar surface area (TPSA) is 20.2 Å². The Morgan fingerprint density at radius 1 is 0.960 bits per heavy atom. The van der Waals surface area contributed by atoms with E-state index in [9.17, 15) is 5.11 Å². The minimum absolute atomic E-state index is 0.282. The molecule has 25 heavy (non-hydrogen) atoms. The lowest BCUT2D eigenvalue weighted by Crippen LogP contribution is -2.49. The van der Waals surface area contributed by atoms with Gasteiger partial charge >= 0.3 is 0 Å². The van der Waals surface area contributed by atoms with Crippen molar-refractivity contribution >= 4 is 11.6 Å². The van der Waals surface area contributed by atoms with Crippen molar-refractivity contribution < 1.29 is 5.11 Å². The molecule has 132 valence electrons. The SMILES string of the molecule is CC1CC2CC(C)C(O)(c3ccccc3-c3cccc(Cl)c3)C(C1)C2. The monoisotopic (exact) mass is 354 g/mol. The first-order chi connectivity index (χ1) is 12.0. The van der Waals surface area contributed by atoms with Crippen LogP contribution in [-0.4, -0.2) is 5.11 Å². The van der Waals surface area contributed by atoms with Crippen LogP contribution in [0.25, 0.3) is 11.1 Å². The van der Waals surface area contributed by atoms with Crippen LogP contribution in [0.15, 0.2) is 48.5 Å². The van der Waals surface area contributed by atoms with Crippen molar-refractivity contribution in [1.29, 1.82) is 0 Å². The van der Waals surface area contributed by atoms with E-state index in [0.29, 0.717) is 11.8 Å². The molecule has 0 radical (unpaired) electrons. The molecule has 1 N–H and O–H groups in total. The van der Waals surface area contributed by atoms with Crippen LogP contribution in [0, 0.1) is 23.7 Å². The zero-order valence-corrected chi connectivity index (χ0v) is 15.8. The minimum atomic E-state index is -0.746. The molecule has 2 aromatic carbocycles. The zero-order valence-electron chi connectivity index (χ0n) is 15.1. The highest BCUT2D eigenvalue weighted by Gasteiger charge is 2.51. The van der Waals surface area contributed by atoms with E-state index in [1.807, 2.05) is 18.2 Å². The van der Waals surface area contributed by atoms with Crippen molar-refractivity contribution in [2.45, 2.75) is 45.1 Å². The van der Waals surface area contributed by atoms with Gasteiger partial charge in [-0.05, 0) is 78.2 Å². The third-order valence-corrected chi connectivity index (χ3v) is 6.83. The molecule has 2 saturated carbocycles. The molecule has 0 heterocycles. The van der Waals surface area contributed by atoms with Crippen LogP contribution >= 0.6 is 11.6 Å². The lowest BCUT2D eigenvalue weighted by Gasteiger charge is -2.52. The van der Waals surface area contributed by atoms with E-state index in [4.69, 9.17) is 11.6 Å². The van der Waals surface area contributed by atoms with Crippen LogP contribution in [0.3, 0.4) is 0 Å². The maximum atomic E-state index is 12.0. The number of rotatable bonds is 2. The van der Waals surface area contributed by atoms with Crippen LogP contribution in [0.5, 0.6) is 0 Å². The minimum Gasteiger partial charge on any atom is -0.385 e. The summed E-state index contributed by atoms with van der Waals surface area (Å²) in [6.07, 6.45) is 4.74. The van der Waals surface area contributed by atoms with Crippen molar-refractivity contribution in [2.24, 2.45) is 23.7 Å². The maximum absolute atomic E-state index is 12.0. The van der Waals surface area contributed by atoms with Crippen LogP contribution in [0.1, 0.15) is 45.1 Å². The Balaban J connectivity index is 1.83. The summed E-state index contributed by atoms with van der Waals surface area (Å²) in [5.41, 5.74) is 2.55. The molecule has 2 bridgehead atoms. The number of halogens is 1. The van der Waals surface area contributed by atoms with E-state index in [-0.39, 0.29) is 5.92 Å². The van der Waals surface area contributed by atoms with Gasteiger partial charge in [-0.1, -0.05) is 61.8 Å². The van der Waals surface area contributed by atoms with Gasteiger partial charge in [0.25, 0.3) is 0 Å².